The summed E-state index contributed by atoms with van der Waals surface area (Å²) in [6.07, 6.45) is 1.35. The molecule has 1 saturated heterocycles. The van der Waals surface area contributed by atoms with Crippen molar-refractivity contribution in [2.24, 2.45) is 5.41 Å². The molecular weight excluding hydrogens is 280 g/mol. The molecule has 114 valence electrons. The highest BCUT2D eigenvalue weighted by molar-refractivity contribution is 5.94. The highest BCUT2D eigenvalue weighted by atomic mass is 16.5. The van der Waals surface area contributed by atoms with Gasteiger partial charge in [0.1, 0.15) is 5.41 Å². The number of ether oxygens (including phenoxy) is 1. The summed E-state index contributed by atoms with van der Waals surface area (Å²) in [7, 11) is 0. The van der Waals surface area contributed by atoms with Gasteiger partial charge in [-0.3, -0.25) is 14.4 Å². The van der Waals surface area contributed by atoms with E-state index in [1.807, 2.05) is 0 Å². The number of hydrogen-bond donors (Lipinski definition) is 3. The van der Waals surface area contributed by atoms with Crippen molar-refractivity contribution in [2.45, 2.75) is 13.0 Å². The van der Waals surface area contributed by atoms with Crippen molar-refractivity contribution in [2.75, 3.05) is 19.8 Å². The van der Waals surface area contributed by atoms with Crippen molar-refractivity contribution in [3.05, 3.63) is 24.2 Å². The molecule has 0 radical (unpaired) electrons. The molecule has 0 bridgehead atoms. The SMILES string of the molecule is CC1(C(=O)O)COCC1NC(=O)CNC(=O)c1ccco1. The average Bonchev–Trinajstić information content (AvgIpc) is 3.07. The molecule has 2 atom stereocenters. The molecule has 1 aromatic heterocycles. The number of furan rings is 1. The smallest absolute Gasteiger partial charge is 0.313 e. The van der Waals surface area contributed by atoms with E-state index in [1.54, 1.807) is 6.07 Å². The first kappa shape index (κ1) is 15.0. The van der Waals surface area contributed by atoms with Crippen LogP contribution in [0.15, 0.2) is 22.8 Å². The lowest BCUT2D eigenvalue weighted by atomic mass is 9.85. The van der Waals surface area contributed by atoms with Gasteiger partial charge in [0.2, 0.25) is 5.91 Å². The van der Waals surface area contributed by atoms with E-state index in [0.717, 1.165) is 0 Å². The second-order valence-corrected chi connectivity index (χ2v) is 5.02. The molecule has 1 aliphatic rings. The molecule has 2 unspecified atom stereocenters. The minimum atomic E-state index is -1.17. The minimum Gasteiger partial charge on any atom is -0.481 e. The van der Waals surface area contributed by atoms with E-state index < -0.39 is 29.2 Å². The molecule has 2 amide bonds. The summed E-state index contributed by atoms with van der Waals surface area (Å²) in [6.45, 7) is 1.40. The van der Waals surface area contributed by atoms with E-state index in [-0.39, 0.29) is 25.5 Å². The Morgan fingerprint density at radius 3 is 2.86 bits per heavy atom. The van der Waals surface area contributed by atoms with E-state index >= 15 is 0 Å². The lowest BCUT2D eigenvalue weighted by Crippen LogP contribution is -2.51. The first-order valence-corrected chi connectivity index (χ1v) is 6.35. The summed E-state index contributed by atoms with van der Waals surface area (Å²) in [4.78, 5) is 34.6. The summed E-state index contributed by atoms with van der Waals surface area (Å²) >= 11 is 0. The molecule has 2 rings (SSSR count). The van der Waals surface area contributed by atoms with Gasteiger partial charge >= 0.3 is 5.97 Å². The van der Waals surface area contributed by atoms with Crippen LogP contribution in [0.5, 0.6) is 0 Å². The van der Waals surface area contributed by atoms with E-state index in [1.165, 1.54) is 19.3 Å². The molecule has 1 aromatic rings. The molecule has 0 aliphatic carbocycles. The maximum atomic E-state index is 11.8. The number of amides is 2. The molecule has 1 fully saturated rings. The molecular formula is C13H16N2O6. The number of carboxylic acids is 1. The molecule has 8 nitrogen and oxygen atoms in total. The summed E-state index contributed by atoms with van der Waals surface area (Å²) in [6, 6.07) is 2.39. The fraction of sp³-hybridized carbons (Fsp3) is 0.462. The van der Waals surface area contributed by atoms with Gasteiger partial charge < -0.3 is 24.9 Å². The Labute approximate surface area is 120 Å². The number of carbonyl (C=O) groups is 3. The highest BCUT2D eigenvalue weighted by Gasteiger charge is 2.47. The van der Waals surface area contributed by atoms with Crippen LogP contribution in [0.2, 0.25) is 0 Å². The van der Waals surface area contributed by atoms with E-state index in [9.17, 15) is 19.5 Å². The fourth-order valence-electron chi connectivity index (χ4n) is 1.99. The molecule has 8 heteroatoms. The van der Waals surface area contributed by atoms with E-state index in [0.29, 0.717) is 0 Å². The van der Waals surface area contributed by atoms with Crippen LogP contribution in [0.3, 0.4) is 0 Å². The van der Waals surface area contributed by atoms with Crippen molar-refractivity contribution in [1.82, 2.24) is 10.6 Å². The third-order valence-electron chi connectivity index (χ3n) is 3.43. The van der Waals surface area contributed by atoms with Gasteiger partial charge in [-0.1, -0.05) is 0 Å². The quantitative estimate of drug-likeness (QED) is 0.681. The molecule has 0 aromatic carbocycles. The second kappa shape index (κ2) is 5.96. The summed E-state index contributed by atoms with van der Waals surface area (Å²) in [5.74, 6) is -1.94. The van der Waals surface area contributed by atoms with Crippen molar-refractivity contribution < 1.29 is 28.6 Å². The number of aliphatic carboxylic acids is 1. The maximum Gasteiger partial charge on any atom is 0.313 e. The van der Waals surface area contributed by atoms with Crippen LogP contribution < -0.4 is 10.6 Å². The zero-order valence-electron chi connectivity index (χ0n) is 11.4. The number of carbonyl (C=O) groups excluding carboxylic acids is 2. The van der Waals surface area contributed by atoms with Gasteiger partial charge in [0.05, 0.1) is 32.1 Å². The molecule has 2 heterocycles. The number of hydrogen-bond acceptors (Lipinski definition) is 5. The van der Waals surface area contributed by atoms with Gasteiger partial charge in [0.25, 0.3) is 5.91 Å². The van der Waals surface area contributed by atoms with Crippen LogP contribution in [0.25, 0.3) is 0 Å². The Morgan fingerprint density at radius 1 is 1.48 bits per heavy atom. The van der Waals surface area contributed by atoms with Crippen LogP contribution in [0, 0.1) is 5.41 Å². The first-order valence-electron chi connectivity index (χ1n) is 6.35. The van der Waals surface area contributed by atoms with Crippen molar-refractivity contribution in [3.63, 3.8) is 0 Å². The predicted octanol–water partition coefficient (Wildman–Crippen LogP) is -0.385. The fourth-order valence-corrected chi connectivity index (χ4v) is 1.99. The average molecular weight is 296 g/mol. The number of carboxylic acid groups (broad SMARTS) is 1. The Morgan fingerprint density at radius 2 is 2.24 bits per heavy atom. The summed E-state index contributed by atoms with van der Waals surface area (Å²) in [5.41, 5.74) is -1.17. The lowest BCUT2D eigenvalue weighted by Gasteiger charge is -2.25. The van der Waals surface area contributed by atoms with Gasteiger partial charge in [-0.2, -0.15) is 0 Å². The molecule has 21 heavy (non-hydrogen) atoms. The van der Waals surface area contributed by atoms with Crippen molar-refractivity contribution in [3.8, 4) is 0 Å². The Kier molecular flexibility index (Phi) is 4.27. The Hall–Kier alpha value is -2.35. The zero-order valence-corrected chi connectivity index (χ0v) is 11.4. The Bertz CT molecular complexity index is 541. The van der Waals surface area contributed by atoms with E-state index in [2.05, 4.69) is 10.6 Å². The van der Waals surface area contributed by atoms with E-state index in [4.69, 9.17) is 9.15 Å². The first-order chi connectivity index (χ1) is 9.93. The van der Waals surface area contributed by atoms with Gasteiger partial charge in [0, 0.05) is 0 Å². The van der Waals surface area contributed by atoms with Gasteiger partial charge in [-0.15, -0.1) is 0 Å². The minimum absolute atomic E-state index is 0.0338. The van der Waals surface area contributed by atoms with Crippen LogP contribution >= 0.6 is 0 Å². The second-order valence-electron chi connectivity index (χ2n) is 5.02. The molecule has 1 aliphatic heterocycles. The highest BCUT2D eigenvalue weighted by Crippen LogP contribution is 2.28. The number of rotatable bonds is 5. The molecule has 3 N–H and O–H groups in total. The normalized spacial score (nSPS) is 24.5. The third-order valence-corrected chi connectivity index (χ3v) is 3.43. The van der Waals surface area contributed by atoms with Gasteiger partial charge in [-0.25, -0.2) is 0 Å². The summed E-state index contributed by atoms with van der Waals surface area (Å²) in [5, 5.41) is 14.1. The van der Waals surface area contributed by atoms with Crippen LogP contribution in [-0.4, -0.2) is 48.7 Å². The topological polar surface area (TPSA) is 118 Å². The van der Waals surface area contributed by atoms with Crippen molar-refractivity contribution >= 4 is 17.8 Å². The van der Waals surface area contributed by atoms with Gasteiger partial charge in [0.15, 0.2) is 5.76 Å². The largest absolute Gasteiger partial charge is 0.481 e. The van der Waals surface area contributed by atoms with Crippen LogP contribution in [0.4, 0.5) is 0 Å². The third kappa shape index (κ3) is 3.22. The standard InChI is InChI=1S/C13H16N2O6/c1-13(12(18)19)7-20-6-9(13)15-10(16)5-14-11(17)8-3-2-4-21-8/h2-4,9H,5-7H2,1H3,(H,14,17)(H,15,16)(H,18,19). The summed E-state index contributed by atoms with van der Waals surface area (Å²) < 4.78 is 10.0. The maximum absolute atomic E-state index is 11.8. The number of nitrogens with one attached hydrogen (secondary N) is 2. The molecule has 0 spiro atoms. The monoisotopic (exact) mass is 296 g/mol. The van der Waals surface area contributed by atoms with Crippen molar-refractivity contribution in [1.29, 1.82) is 0 Å². The lowest BCUT2D eigenvalue weighted by molar-refractivity contribution is -0.149. The van der Waals surface area contributed by atoms with Crippen LogP contribution in [0.1, 0.15) is 17.5 Å². The Balaban J connectivity index is 1.85. The van der Waals surface area contributed by atoms with Crippen LogP contribution in [-0.2, 0) is 14.3 Å². The van der Waals surface area contributed by atoms with Gasteiger partial charge in [-0.05, 0) is 19.1 Å². The zero-order chi connectivity index (χ0) is 15.5. The predicted molar refractivity (Wildman–Crippen MR) is 69.5 cm³/mol. The molecule has 0 saturated carbocycles.